The van der Waals surface area contributed by atoms with Crippen LogP contribution >= 0.6 is 0 Å². The quantitative estimate of drug-likeness (QED) is 0.639. The van der Waals surface area contributed by atoms with Gasteiger partial charge in [-0.05, 0) is 50.5 Å². The second kappa shape index (κ2) is 9.02. The van der Waals surface area contributed by atoms with Crippen molar-refractivity contribution < 1.29 is 9.18 Å². The lowest BCUT2D eigenvalue weighted by molar-refractivity contribution is -0.132. The second-order valence-corrected chi connectivity index (χ2v) is 7.47. The summed E-state index contributed by atoms with van der Waals surface area (Å²) in [4.78, 5) is 27.5. The molecule has 0 saturated carbocycles. The smallest absolute Gasteiger partial charge is 0.223 e. The Balaban J connectivity index is 1.34. The number of rotatable bonds is 7. The van der Waals surface area contributed by atoms with Crippen molar-refractivity contribution in [3.8, 4) is 0 Å². The lowest BCUT2D eigenvalue weighted by atomic mass is 10.1. The molecule has 0 unspecified atom stereocenters. The first-order valence-electron chi connectivity index (χ1n) is 10.2. The fraction of sp³-hybridized carbons (Fsp3) is 0.364. The fourth-order valence-corrected chi connectivity index (χ4v) is 3.83. The van der Waals surface area contributed by atoms with E-state index in [4.69, 9.17) is 0 Å². The number of anilines is 2. The van der Waals surface area contributed by atoms with E-state index in [1.165, 1.54) is 12.3 Å². The maximum Gasteiger partial charge on any atom is 0.223 e. The van der Waals surface area contributed by atoms with Crippen molar-refractivity contribution in [1.82, 2.24) is 24.4 Å². The Morgan fingerprint density at radius 1 is 1.20 bits per heavy atom. The molecule has 4 rings (SSSR count). The van der Waals surface area contributed by atoms with E-state index in [-0.39, 0.29) is 17.8 Å². The van der Waals surface area contributed by atoms with Crippen LogP contribution in [0.3, 0.4) is 0 Å². The predicted octanol–water partition coefficient (Wildman–Crippen LogP) is 4.01. The molecule has 1 N–H and O–H groups in total. The summed E-state index contributed by atoms with van der Waals surface area (Å²) in [7, 11) is 0. The summed E-state index contributed by atoms with van der Waals surface area (Å²) in [6, 6.07) is 6.80. The number of carbonyl (C=O) groups is 1. The summed E-state index contributed by atoms with van der Waals surface area (Å²) in [5.74, 6) is 1.32. The van der Waals surface area contributed by atoms with Crippen LogP contribution < -0.4 is 5.32 Å². The van der Waals surface area contributed by atoms with Crippen molar-refractivity contribution in [3.05, 3.63) is 66.4 Å². The molecule has 4 heterocycles. The van der Waals surface area contributed by atoms with E-state index in [0.717, 1.165) is 49.6 Å². The van der Waals surface area contributed by atoms with Gasteiger partial charge in [-0.15, -0.1) is 0 Å². The Bertz CT molecular complexity index is 986. The molecule has 0 aliphatic carbocycles. The van der Waals surface area contributed by atoms with E-state index >= 15 is 0 Å². The van der Waals surface area contributed by atoms with Gasteiger partial charge in [0.05, 0.1) is 29.8 Å². The van der Waals surface area contributed by atoms with E-state index in [9.17, 15) is 9.18 Å². The van der Waals surface area contributed by atoms with Crippen LogP contribution in [0.25, 0.3) is 0 Å². The number of imidazole rings is 1. The monoisotopic (exact) mass is 408 g/mol. The summed E-state index contributed by atoms with van der Waals surface area (Å²) in [5, 5.41) is 3.10. The van der Waals surface area contributed by atoms with Crippen molar-refractivity contribution in [2.24, 2.45) is 0 Å². The van der Waals surface area contributed by atoms with Crippen LogP contribution in [0, 0.1) is 12.7 Å². The average molecular weight is 408 g/mol. The van der Waals surface area contributed by atoms with E-state index in [1.807, 2.05) is 30.2 Å². The lowest BCUT2D eigenvalue weighted by Crippen LogP contribution is -2.31. The molecule has 30 heavy (non-hydrogen) atoms. The largest absolute Gasteiger partial charge is 0.339 e. The zero-order valence-electron chi connectivity index (χ0n) is 17.0. The highest BCUT2D eigenvalue weighted by Gasteiger charge is 2.30. The number of nitrogens with zero attached hydrogens (tertiary/aromatic N) is 5. The number of amides is 1. The third-order valence-electron chi connectivity index (χ3n) is 5.41. The van der Waals surface area contributed by atoms with Gasteiger partial charge in [-0.2, -0.15) is 0 Å². The highest BCUT2D eigenvalue weighted by Crippen LogP contribution is 2.32. The molecule has 1 aliphatic heterocycles. The van der Waals surface area contributed by atoms with Crippen molar-refractivity contribution in [2.75, 3.05) is 11.9 Å². The first-order valence-corrected chi connectivity index (χ1v) is 10.2. The number of pyridine rings is 2. The van der Waals surface area contributed by atoms with Gasteiger partial charge in [0.1, 0.15) is 17.5 Å². The van der Waals surface area contributed by atoms with Crippen LogP contribution in [0.4, 0.5) is 15.9 Å². The topological polar surface area (TPSA) is 75.9 Å². The minimum absolute atomic E-state index is 0.0190. The summed E-state index contributed by atoms with van der Waals surface area (Å²) in [6.45, 7) is 3.54. The molecule has 7 nitrogen and oxygen atoms in total. The predicted molar refractivity (Wildman–Crippen MR) is 112 cm³/mol. The van der Waals surface area contributed by atoms with Gasteiger partial charge < -0.3 is 14.8 Å². The van der Waals surface area contributed by atoms with Gasteiger partial charge in [-0.3, -0.25) is 9.78 Å². The fourth-order valence-electron chi connectivity index (χ4n) is 3.83. The van der Waals surface area contributed by atoms with Crippen LogP contribution in [0.5, 0.6) is 0 Å². The molecule has 1 atom stereocenters. The normalized spacial score (nSPS) is 16.1. The van der Waals surface area contributed by atoms with Gasteiger partial charge in [0.2, 0.25) is 5.91 Å². The molecule has 1 fully saturated rings. The van der Waals surface area contributed by atoms with E-state index < -0.39 is 0 Å². The Hall–Kier alpha value is -3.29. The molecule has 1 saturated heterocycles. The maximum absolute atomic E-state index is 13.0. The van der Waals surface area contributed by atoms with E-state index in [2.05, 4.69) is 24.8 Å². The molecular formula is C22H25FN6O. The molecule has 1 aliphatic rings. The van der Waals surface area contributed by atoms with Gasteiger partial charge in [-0.1, -0.05) is 0 Å². The van der Waals surface area contributed by atoms with Crippen LogP contribution in [0.15, 0.2) is 49.1 Å². The standard InChI is InChI=1S/C22H25FN6O/c1-16-24-10-13-28(16)11-3-5-22(30)29-12-2-4-20(29)19-8-7-18(15-25-19)27-21-9-6-17(23)14-26-21/h6-10,13-15,20H,2-5,11-12H2,1H3,(H,26,27)/t20-/m1/s1. The number of aromatic nitrogens is 4. The summed E-state index contributed by atoms with van der Waals surface area (Å²) in [5.41, 5.74) is 1.66. The van der Waals surface area contributed by atoms with Crippen LogP contribution in [0.1, 0.15) is 43.2 Å². The number of halogens is 1. The molecule has 0 radical (unpaired) electrons. The molecule has 3 aromatic heterocycles. The zero-order valence-corrected chi connectivity index (χ0v) is 17.0. The minimum Gasteiger partial charge on any atom is -0.339 e. The van der Waals surface area contributed by atoms with Crippen molar-refractivity contribution >= 4 is 17.4 Å². The first-order chi connectivity index (χ1) is 14.6. The van der Waals surface area contributed by atoms with E-state index in [1.54, 1.807) is 18.5 Å². The molecule has 0 bridgehead atoms. The van der Waals surface area contributed by atoms with Crippen molar-refractivity contribution in [1.29, 1.82) is 0 Å². The number of aryl methyl sites for hydroxylation is 2. The maximum atomic E-state index is 13.0. The number of hydrogen-bond donors (Lipinski definition) is 1. The number of carbonyl (C=O) groups excluding carboxylic acids is 1. The third kappa shape index (κ3) is 4.64. The molecule has 8 heteroatoms. The van der Waals surface area contributed by atoms with Crippen LogP contribution in [0.2, 0.25) is 0 Å². The highest BCUT2D eigenvalue weighted by atomic mass is 19.1. The Labute approximate surface area is 175 Å². The van der Waals surface area contributed by atoms with Gasteiger partial charge in [0.25, 0.3) is 0 Å². The minimum atomic E-state index is -0.375. The Morgan fingerprint density at radius 3 is 2.80 bits per heavy atom. The number of likely N-dealkylation sites (tertiary alicyclic amines) is 1. The van der Waals surface area contributed by atoms with E-state index in [0.29, 0.717) is 12.2 Å². The average Bonchev–Trinajstić information content (AvgIpc) is 3.40. The Morgan fingerprint density at radius 2 is 2.10 bits per heavy atom. The molecule has 3 aromatic rings. The summed E-state index contributed by atoms with van der Waals surface area (Å²) in [6.07, 6.45) is 9.83. The van der Waals surface area contributed by atoms with Crippen LogP contribution in [-0.2, 0) is 11.3 Å². The van der Waals surface area contributed by atoms with Crippen molar-refractivity contribution in [3.63, 3.8) is 0 Å². The van der Waals surface area contributed by atoms with Gasteiger partial charge in [0, 0.05) is 31.9 Å². The number of nitrogens with one attached hydrogen (secondary N) is 1. The van der Waals surface area contributed by atoms with Gasteiger partial charge in [-0.25, -0.2) is 14.4 Å². The molecular weight excluding hydrogens is 383 g/mol. The SMILES string of the molecule is Cc1nccn1CCCC(=O)N1CCC[C@@H]1c1ccc(Nc2ccc(F)cn2)cn1. The molecule has 0 spiro atoms. The van der Waals surface area contributed by atoms with Gasteiger partial charge in [0.15, 0.2) is 0 Å². The zero-order chi connectivity index (χ0) is 20.9. The third-order valence-corrected chi connectivity index (χ3v) is 5.41. The highest BCUT2D eigenvalue weighted by molar-refractivity contribution is 5.77. The van der Waals surface area contributed by atoms with Crippen LogP contribution in [-0.4, -0.2) is 36.9 Å². The summed E-state index contributed by atoms with van der Waals surface area (Å²) < 4.78 is 15.0. The molecule has 156 valence electrons. The second-order valence-electron chi connectivity index (χ2n) is 7.47. The Kier molecular flexibility index (Phi) is 6.02. The lowest BCUT2D eigenvalue weighted by Gasteiger charge is -2.24. The number of hydrogen-bond acceptors (Lipinski definition) is 5. The van der Waals surface area contributed by atoms with Gasteiger partial charge >= 0.3 is 0 Å². The molecule has 1 amide bonds. The summed E-state index contributed by atoms with van der Waals surface area (Å²) >= 11 is 0. The molecule has 0 aromatic carbocycles. The first kappa shape index (κ1) is 20.0. The van der Waals surface area contributed by atoms with Crippen molar-refractivity contribution in [2.45, 2.75) is 45.2 Å².